The maximum Gasteiger partial charge on any atom is 0.0141 e. The van der Waals surface area contributed by atoms with Gasteiger partial charge in [0.05, 0.1) is 0 Å². The fourth-order valence-corrected chi connectivity index (χ4v) is 4.37. The van der Waals surface area contributed by atoms with E-state index in [1.54, 1.807) is 5.56 Å². The molecule has 19 heavy (non-hydrogen) atoms. The van der Waals surface area contributed by atoms with E-state index in [-0.39, 0.29) is 0 Å². The van der Waals surface area contributed by atoms with Crippen molar-refractivity contribution < 1.29 is 0 Å². The van der Waals surface area contributed by atoms with E-state index in [1.807, 2.05) is 0 Å². The Hall–Kier alpha value is -0.470. The number of hydrogen-bond acceptors (Lipinski definition) is 2. The Bertz CT molecular complexity index is 386. The van der Waals surface area contributed by atoms with Crippen LogP contribution in [0.3, 0.4) is 0 Å². The van der Waals surface area contributed by atoms with Crippen LogP contribution in [0.15, 0.2) is 29.2 Å². The van der Waals surface area contributed by atoms with Gasteiger partial charge in [-0.3, -0.25) is 0 Å². The van der Waals surface area contributed by atoms with Gasteiger partial charge in [0, 0.05) is 16.7 Å². The zero-order chi connectivity index (χ0) is 13.9. The average Bonchev–Trinajstić information content (AvgIpc) is 2.68. The zero-order valence-electron chi connectivity index (χ0n) is 12.7. The molecule has 1 aliphatic rings. The monoisotopic (exact) mass is 277 g/mol. The van der Waals surface area contributed by atoms with Crippen molar-refractivity contribution in [3.8, 4) is 0 Å². The molecule has 1 unspecified atom stereocenters. The molecule has 1 N–H and O–H groups in total. The Morgan fingerprint density at radius 3 is 2.74 bits per heavy atom. The van der Waals surface area contributed by atoms with Crippen LogP contribution >= 0.6 is 11.8 Å². The molecule has 1 aliphatic heterocycles. The summed E-state index contributed by atoms with van der Waals surface area (Å²) in [6.07, 6.45) is 2.53. The van der Waals surface area contributed by atoms with E-state index in [4.69, 9.17) is 0 Å². The van der Waals surface area contributed by atoms with Gasteiger partial charge >= 0.3 is 0 Å². The lowest BCUT2D eigenvalue weighted by atomic mass is 9.86. The molecule has 106 valence electrons. The van der Waals surface area contributed by atoms with Gasteiger partial charge in [0.15, 0.2) is 0 Å². The Morgan fingerprint density at radius 1 is 1.32 bits per heavy atom. The van der Waals surface area contributed by atoms with Crippen LogP contribution in [0.25, 0.3) is 0 Å². The standard InChI is InChI=1S/C17H27NS/c1-13(2)11-18-12-17(3,4)10-15-9-14-7-5-6-8-16(14)19-15/h5-8,13,15,18H,9-12H2,1-4H3. The fourth-order valence-electron chi connectivity index (χ4n) is 2.76. The molecule has 2 rings (SSSR count). The Morgan fingerprint density at radius 2 is 2.05 bits per heavy atom. The number of benzene rings is 1. The van der Waals surface area contributed by atoms with Crippen molar-refractivity contribution in [1.82, 2.24) is 5.32 Å². The second-order valence-electron chi connectivity index (χ2n) is 6.94. The first-order valence-electron chi connectivity index (χ1n) is 7.41. The van der Waals surface area contributed by atoms with E-state index < -0.39 is 0 Å². The summed E-state index contributed by atoms with van der Waals surface area (Å²) in [7, 11) is 0. The lowest BCUT2D eigenvalue weighted by Gasteiger charge is -2.28. The molecule has 0 aliphatic carbocycles. The predicted octanol–water partition coefficient (Wildman–Crippen LogP) is 4.37. The summed E-state index contributed by atoms with van der Waals surface area (Å²) >= 11 is 2.08. The lowest BCUT2D eigenvalue weighted by molar-refractivity contribution is 0.305. The highest BCUT2D eigenvalue weighted by Gasteiger charge is 2.28. The molecule has 0 saturated heterocycles. The first-order chi connectivity index (χ1) is 8.96. The third-order valence-electron chi connectivity index (χ3n) is 3.65. The molecular weight excluding hydrogens is 250 g/mol. The van der Waals surface area contributed by atoms with E-state index in [0.29, 0.717) is 5.41 Å². The molecule has 1 atom stereocenters. The molecule has 0 radical (unpaired) electrons. The Labute approximate surface area is 122 Å². The van der Waals surface area contributed by atoms with Gasteiger partial charge in [-0.25, -0.2) is 0 Å². The number of hydrogen-bond donors (Lipinski definition) is 1. The maximum absolute atomic E-state index is 3.61. The lowest BCUT2D eigenvalue weighted by Crippen LogP contribution is -2.33. The Kier molecular flexibility index (Phi) is 4.97. The van der Waals surface area contributed by atoms with Gasteiger partial charge in [-0.1, -0.05) is 45.9 Å². The molecule has 1 aromatic carbocycles. The highest BCUT2D eigenvalue weighted by atomic mass is 32.2. The number of fused-ring (bicyclic) bond motifs is 1. The second kappa shape index (κ2) is 6.32. The number of rotatable bonds is 6. The molecule has 1 heterocycles. The van der Waals surface area contributed by atoms with Gasteiger partial charge in [0.25, 0.3) is 0 Å². The van der Waals surface area contributed by atoms with Crippen LogP contribution in [0.1, 0.15) is 39.7 Å². The molecule has 0 amide bonds. The van der Waals surface area contributed by atoms with Gasteiger partial charge in [-0.15, -0.1) is 11.8 Å². The summed E-state index contributed by atoms with van der Waals surface area (Å²) in [5.41, 5.74) is 1.93. The minimum Gasteiger partial charge on any atom is -0.316 e. The van der Waals surface area contributed by atoms with Gasteiger partial charge < -0.3 is 5.32 Å². The van der Waals surface area contributed by atoms with Crippen LogP contribution in [0.2, 0.25) is 0 Å². The zero-order valence-corrected chi connectivity index (χ0v) is 13.5. The SMILES string of the molecule is CC(C)CNCC(C)(C)CC1Cc2ccccc2S1. The topological polar surface area (TPSA) is 12.0 Å². The van der Waals surface area contributed by atoms with Crippen molar-refractivity contribution in [3.05, 3.63) is 29.8 Å². The van der Waals surface area contributed by atoms with Gasteiger partial charge in [0.1, 0.15) is 0 Å². The van der Waals surface area contributed by atoms with Gasteiger partial charge in [-0.2, -0.15) is 0 Å². The molecule has 2 heteroatoms. The summed E-state index contributed by atoms with van der Waals surface area (Å²) in [6.45, 7) is 11.6. The molecular formula is C17H27NS. The summed E-state index contributed by atoms with van der Waals surface area (Å²) in [5, 5.41) is 4.37. The highest BCUT2D eigenvalue weighted by Crippen LogP contribution is 2.41. The first-order valence-corrected chi connectivity index (χ1v) is 8.29. The van der Waals surface area contributed by atoms with Crippen LogP contribution in [0, 0.1) is 11.3 Å². The molecule has 0 spiro atoms. The third-order valence-corrected chi connectivity index (χ3v) is 4.97. The molecule has 1 nitrogen and oxygen atoms in total. The molecule has 0 aromatic heterocycles. The molecule has 0 fully saturated rings. The Balaban J connectivity index is 1.82. The minimum absolute atomic E-state index is 0.384. The van der Waals surface area contributed by atoms with Crippen LogP contribution in [-0.4, -0.2) is 18.3 Å². The number of thioether (sulfide) groups is 1. The van der Waals surface area contributed by atoms with Crippen molar-refractivity contribution in [2.75, 3.05) is 13.1 Å². The largest absolute Gasteiger partial charge is 0.316 e. The van der Waals surface area contributed by atoms with Crippen molar-refractivity contribution in [3.63, 3.8) is 0 Å². The summed E-state index contributed by atoms with van der Waals surface area (Å²) in [6, 6.07) is 8.87. The molecule has 0 saturated carbocycles. The third kappa shape index (κ3) is 4.54. The normalized spacial score (nSPS) is 18.9. The van der Waals surface area contributed by atoms with Crippen LogP contribution in [-0.2, 0) is 6.42 Å². The highest BCUT2D eigenvalue weighted by molar-refractivity contribution is 8.00. The van der Waals surface area contributed by atoms with Crippen LogP contribution in [0.4, 0.5) is 0 Å². The average molecular weight is 277 g/mol. The van der Waals surface area contributed by atoms with Crippen molar-refractivity contribution in [1.29, 1.82) is 0 Å². The van der Waals surface area contributed by atoms with Crippen molar-refractivity contribution >= 4 is 11.8 Å². The van der Waals surface area contributed by atoms with Gasteiger partial charge in [0.2, 0.25) is 0 Å². The first kappa shape index (κ1) is 14.9. The fraction of sp³-hybridized carbons (Fsp3) is 0.647. The predicted molar refractivity (Wildman–Crippen MR) is 85.9 cm³/mol. The second-order valence-corrected chi connectivity index (χ2v) is 8.29. The van der Waals surface area contributed by atoms with Crippen molar-refractivity contribution in [2.24, 2.45) is 11.3 Å². The molecule has 1 aromatic rings. The summed E-state index contributed by atoms with van der Waals surface area (Å²) in [5.74, 6) is 0.737. The van der Waals surface area contributed by atoms with Gasteiger partial charge in [-0.05, 0) is 42.3 Å². The van der Waals surface area contributed by atoms with Crippen LogP contribution in [0.5, 0.6) is 0 Å². The summed E-state index contributed by atoms with van der Waals surface area (Å²) in [4.78, 5) is 1.50. The van der Waals surface area contributed by atoms with E-state index in [0.717, 1.165) is 24.3 Å². The summed E-state index contributed by atoms with van der Waals surface area (Å²) < 4.78 is 0. The van der Waals surface area contributed by atoms with E-state index >= 15 is 0 Å². The van der Waals surface area contributed by atoms with E-state index in [9.17, 15) is 0 Å². The number of nitrogens with one attached hydrogen (secondary N) is 1. The van der Waals surface area contributed by atoms with Crippen molar-refractivity contribution in [2.45, 2.75) is 50.7 Å². The van der Waals surface area contributed by atoms with E-state index in [2.05, 4.69) is 69.0 Å². The van der Waals surface area contributed by atoms with Crippen LogP contribution < -0.4 is 5.32 Å². The maximum atomic E-state index is 3.61. The quantitative estimate of drug-likeness (QED) is 0.829. The molecule has 0 bridgehead atoms. The van der Waals surface area contributed by atoms with E-state index in [1.165, 1.54) is 17.7 Å². The smallest absolute Gasteiger partial charge is 0.0141 e. The minimum atomic E-state index is 0.384.